The minimum absolute atomic E-state index is 0.0152. The summed E-state index contributed by atoms with van der Waals surface area (Å²) < 4.78 is 61.9. The van der Waals surface area contributed by atoms with Gasteiger partial charge < -0.3 is 23.9 Å². The minimum atomic E-state index is -5.02. The lowest BCUT2D eigenvalue weighted by Gasteiger charge is -2.14. The molecule has 1 heterocycles. The molecule has 0 saturated heterocycles. The van der Waals surface area contributed by atoms with Gasteiger partial charge in [0.25, 0.3) is 11.7 Å². The molecule has 0 aliphatic heterocycles. The van der Waals surface area contributed by atoms with Gasteiger partial charge in [0.15, 0.2) is 6.61 Å². The predicted octanol–water partition coefficient (Wildman–Crippen LogP) is 6.28. The number of nitrogens with one attached hydrogen (secondary N) is 1. The van der Waals surface area contributed by atoms with Crippen LogP contribution in [0.3, 0.4) is 0 Å². The van der Waals surface area contributed by atoms with Gasteiger partial charge in [-0.25, -0.2) is 0 Å². The van der Waals surface area contributed by atoms with Crippen molar-refractivity contribution in [3.05, 3.63) is 87.7 Å². The largest absolute Gasteiger partial charge is 0.497 e. The number of amides is 1. The van der Waals surface area contributed by atoms with Crippen LogP contribution in [0.1, 0.15) is 5.76 Å². The number of alkyl halides is 3. The van der Waals surface area contributed by atoms with Gasteiger partial charge in [-0.05, 0) is 54.6 Å². The van der Waals surface area contributed by atoms with Crippen molar-refractivity contribution in [2.24, 2.45) is 0 Å². The van der Waals surface area contributed by atoms with Crippen molar-refractivity contribution >= 4 is 34.2 Å². The number of carbonyl (C=O) groups is 1. The molecule has 0 saturated carbocycles. The van der Waals surface area contributed by atoms with Crippen molar-refractivity contribution < 1.29 is 36.6 Å². The van der Waals surface area contributed by atoms with E-state index in [0.717, 1.165) is 6.07 Å². The number of hydrogen-bond acceptors (Lipinski definition) is 6. The van der Waals surface area contributed by atoms with Crippen molar-refractivity contribution in [3.8, 4) is 23.0 Å². The van der Waals surface area contributed by atoms with Crippen LogP contribution in [0, 0.1) is 0 Å². The van der Waals surface area contributed by atoms with Gasteiger partial charge in [-0.3, -0.25) is 9.59 Å². The molecule has 0 aliphatic rings. The second-order valence-electron chi connectivity index (χ2n) is 7.37. The molecule has 4 aromatic rings. The first-order valence-corrected chi connectivity index (χ1v) is 10.7. The highest BCUT2D eigenvalue weighted by Crippen LogP contribution is 2.38. The van der Waals surface area contributed by atoms with E-state index in [1.165, 1.54) is 49.6 Å². The van der Waals surface area contributed by atoms with Crippen molar-refractivity contribution in [3.63, 3.8) is 0 Å². The fourth-order valence-electron chi connectivity index (χ4n) is 3.20. The zero-order valence-corrected chi connectivity index (χ0v) is 19.3. The van der Waals surface area contributed by atoms with Crippen molar-refractivity contribution in [2.45, 2.75) is 6.18 Å². The van der Waals surface area contributed by atoms with E-state index in [1.807, 2.05) is 0 Å². The Hall–Kier alpha value is -4.18. The molecule has 0 aliphatic carbocycles. The topological polar surface area (TPSA) is 87.0 Å². The lowest BCUT2D eigenvalue weighted by atomic mass is 10.2. The first kappa shape index (κ1) is 24.9. The number of benzene rings is 3. The van der Waals surface area contributed by atoms with Crippen LogP contribution in [0.25, 0.3) is 11.0 Å². The molecule has 0 bridgehead atoms. The Labute approximate surface area is 207 Å². The fourth-order valence-corrected chi connectivity index (χ4v) is 3.39. The van der Waals surface area contributed by atoms with E-state index >= 15 is 0 Å². The number of rotatable bonds is 7. The average Bonchev–Trinajstić information content (AvgIpc) is 2.84. The Morgan fingerprint density at radius 1 is 1.00 bits per heavy atom. The molecular weight excluding hydrogens is 503 g/mol. The Morgan fingerprint density at radius 2 is 1.69 bits per heavy atom. The van der Waals surface area contributed by atoms with Crippen LogP contribution in [0.15, 0.2) is 75.9 Å². The van der Waals surface area contributed by atoms with E-state index in [9.17, 15) is 22.8 Å². The molecule has 0 atom stereocenters. The van der Waals surface area contributed by atoms with Gasteiger partial charge in [0.05, 0.1) is 12.5 Å². The fraction of sp³-hybridized carbons (Fsp3) is 0.120. The molecule has 0 unspecified atom stereocenters. The van der Waals surface area contributed by atoms with E-state index in [4.69, 9.17) is 30.2 Å². The zero-order chi connectivity index (χ0) is 25.9. The molecule has 36 heavy (non-hydrogen) atoms. The number of ether oxygens (including phenoxy) is 3. The summed E-state index contributed by atoms with van der Waals surface area (Å²) in [7, 11) is 1.43. The zero-order valence-electron chi connectivity index (χ0n) is 18.5. The standard InChI is InChI=1S/C25H17ClF3NO6/c1-33-16-5-7-17(8-6-16)35-23-22(32)19-10-9-18(12-20(19)36-24(23)25(27,28)29)34-13-21(31)30-15-4-2-3-14(26)11-15/h2-12H,13H2,1H3,(H,30,31). The molecular formula is C25H17ClF3NO6. The van der Waals surface area contributed by atoms with E-state index in [1.54, 1.807) is 18.2 Å². The van der Waals surface area contributed by atoms with Crippen LogP contribution >= 0.6 is 11.6 Å². The molecule has 3 aromatic carbocycles. The van der Waals surface area contributed by atoms with Gasteiger partial charge in [0.1, 0.15) is 22.8 Å². The van der Waals surface area contributed by atoms with Crippen LogP contribution < -0.4 is 25.0 Å². The maximum atomic E-state index is 13.7. The summed E-state index contributed by atoms with van der Waals surface area (Å²) in [4.78, 5) is 25.0. The predicted molar refractivity (Wildman–Crippen MR) is 126 cm³/mol. The highest BCUT2D eigenvalue weighted by Gasteiger charge is 2.40. The number of carbonyl (C=O) groups excluding carboxylic acids is 1. The molecule has 1 amide bonds. The molecule has 7 nitrogen and oxygen atoms in total. The Morgan fingerprint density at radius 3 is 2.36 bits per heavy atom. The first-order valence-electron chi connectivity index (χ1n) is 10.3. The second kappa shape index (κ2) is 10.2. The average molecular weight is 520 g/mol. The molecule has 0 spiro atoms. The van der Waals surface area contributed by atoms with E-state index in [-0.39, 0.29) is 22.5 Å². The summed E-state index contributed by atoms with van der Waals surface area (Å²) in [6.07, 6.45) is -5.02. The SMILES string of the molecule is COc1ccc(Oc2c(C(F)(F)F)oc3cc(OCC(=O)Nc4cccc(Cl)c4)ccc3c2=O)cc1. The van der Waals surface area contributed by atoms with Crippen molar-refractivity contribution in [2.75, 3.05) is 19.0 Å². The molecule has 11 heteroatoms. The van der Waals surface area contributed by atoms with Crippen LogP contribution in [0.4, 0.5) is 18.9 Å². The highest BCUT2D eigenvalue weighted by molar-refractivity contribution is 6.30. The van der Waals surface area contributed by atoms with Crippen LogP contribution in [-0.2, 0) is 11.0 Å². The van der Waals surface area contributed by atoms with Crippen LogP contribution in [0.5, 0.6) is 23.0 Å². The number of halogens is 4. The lowest BCUT2D eigenvalue weighted by molar-refractivity contribution is -0.154. The highest BCUT2D eigenvalue weighted by atomic mass is 35.5. The number of anilines is 1. The van der Waals surface area contributed by atoms with Gasteiger partial charge >= 0.3 is 6.18 Å². The van der Waals surface area contributed by atoms with Gasteiger partial charge in [-0.15, -0.1) is 0 Å². The molecule has 186 valence electrons. The monoisotopic (exact) mass is 519 g/mol. The molecule has 0 radical (unpaired) electrons. The van der Waals surface area contributed by atoms with Crippen LogP contribution in [-0.4, -0.2) is 19.6 Å². The number of hydrogen-bond donors (Lipinski definition) is 1. The molecule has 4 rings (SSSR count). The number of fused-ring (bicyclic) bond motifs is 1. The smallest absolute Gasteiger partial charge is 0.453 e. The van der Waals surface area contributed by atoms with Crippen LogP contribution in [0.2, 0.25) is 5.02 Å². The third-order valence-electron chi connectivity index (χ3n) is 4.84. The maximum absolute atomic E-state index is 13.7. The molecule has 0 fully saturated rings. The van der Waals surface area contributed by atoms with Gasteiger partial charge in [0.2, 0.25) is 11.2 Å². The third-order valence-corrected chi connectivity index (χ3v) is 5.07. The Balaban J connectivity index is 1.59. The third kappa shape index (κ3) is 5.72. The van der Waals surface area contributed by atoms with Crippen molar-refractivity contribution in [1.82, 2.24) is 0 Å². The van der Waals surface area contributed by atoms with E-state index < -0.39 is 35.6 Å². The first-order chi connectivity index (χ1) is 17.1. The number of methoxy groups -OCH3 is 1. The van der Waals surface area contributed by atoms with Gasteiger partial charge in [-0.1, -0.05) is 17.7 Å². The Bertz CT molecular complexity index is 1470. The normalized spacial score (nSPS) is 11.2. The molecule has 1 N–H and O–H groups in total. The summed E-state index contributed by atoms with van der Waals surface area (Å²) in [6, 6.07) is 15.7. The lowest BCUT2D eigenvalue weighted by Crippen LogP contribution is -2.20. The molecule has 1 aromatic heterocycles. The summed E-state index contributed by atoms with van der Waals surface area (Å²) in [5.41, 5.74) is -0.966. The van der Waals surface area contributed by atoms with Gasteiger partial charge in [-0.2, -0.15) is 13.2 Å². The summed E-state index contributed by atoms with van der Waals surface area (Å²) in [5.74, 6) is -2.68. The van der Waals surface area contributed by atoms with Crippen molar-refractivity contribution in [1.29, 1.82) is 0 Å². The second-order valence-corrected chi connectivity index (χ2v) is 7.81. The quantitative estimate of drug-likeness (QED) is 0.309. The summed E-state index contributed by atoms with van der Waals surface area (Å²) in [5, 5.41) is 2.83. The van der Waals surface area contributed by atoms with E-state index in [0.29, 0.717) is 16.5 Å². The summed E-state index contributed by atoms with van der Waals surface area (Å²) >= 11 is 5.87. The Kier molecular flexibility index (Phi) is 7.07. The summed E-state index contributed by atoms with van der Waals surface area (Å²) in [6.45, 7) is -0.451. The minimum Gasteiger partial charge on any atom is -0.497 e. The maximum Gasteiger partial charge on any atom is 0.453 e. The van der Waals surface area contributed by atoms with E-state index in [2.05, 4.69) is 5.32 Å². The van der Waals surface area contributed by atoms with Gasteiger partial charge in [0, 0.05) is 16.8 Å².